The summed E-state index contributed by atoms with van der Waals surface area (Å²) in [6, 6.07) is 0. The van der Waals surface area contributed by atoms with Crippen molar-refractivity contribution in [1.29, 1.82) is 0 Å². The molecular weight excluding hydrogens is 200 g/mol. The van der Waals surface area contributed by atoms with Crippen LogP contribution in [-0.4, -0.2) is 41.0 Å². The molecule has 0 atom stereocenters. The quantitative estimate of drug-likeness (QED) is 0.732. The number of aldehydes is 1. The number of aliphatic hydroxyl groups excluding tert-OH is 1. The topological polar surface area (TPSA) is 53.4 Å². The Kier molecular flexibility index (Phi) is 2.90. The van der Waals surface area contributed by atoms with Crippen molar-refractivity contribution in [2.24, 2.45) is 0 Å². The molecule has 0 amide bonds. The first kappa shape index (κ1) is 9.76. The number of carbonyl (C=O) groups excluding carboxylic acids is 1. The van der Waals surface area contributed by atoms with Gasteiger partial charge in [-0.1, -0.05) is 0 Å². The van der Waals surface area contributed by atoms with Gasteiger partial charge in [-0.15, -0.1) is 11.3 Å². The summed E-state index contributed by atoms with van der Waals surface area (Å²) in [5.74, 6) is 0. The number of β-amino-alcohol motifs (C(OH)–C–C–N with tert-alkyl or cyclic N) is 1. The largest absolute Gasteiger partial charge is 0.395 e. The average molecular weight is 212 g/mol. The van der Waals surface area contributed by atoms with Crippen molar-refractivity contribution >= 4 is 17.6 Å². The highest BCUT2D eigenvalue weighted by atomic mass is 32.1. The highest BCUT2D eigenvalue weighted by molar-refractivity contribution is 7.13. The normalized spacial score (nSPS) is 16.6. The van der Waals surface area contributed by atoms with E-state index in [1.165, 1.54) is 16.2 Å². The van der Waals surface area contributed by atoms with Gasteiger partial charge in [-0.2, -0.15) is 0 Å². The minimum Gasteiger partial charge on any atom is -0.395 e. The van der Waals surface area contributed by atoms with Crippen LogP contribution in [0.15, 0.2) is 0 Å². The molecule has 0 spiro atoms. The third kappa shape index (κ3) is 1.84. The molecule has 0 saturated heterocycles. The van der Waals surface area contributed by atoms with Gasteiger partial charge in [0.1, 0.15) is 0 Å². The summed E-state index contributed by atoms with van der Waals surface area (Å²) in [6.45, 7) is 2.64. The van der Waals surface area contributed by atoms with E-state index in [2.05, 4.69) is 9.88 Å². The maximum absolute atomic E-state index is 10.5. The van der Waals surface area contributed by atoms with Gasteiger partial charge in [0.2, 0.25) is 0 Å². The first-order valence-corrected chi connectivity index (χ1v) is 5.42. The van der Waals surface area contributed by atoms with E-state index in [4.69, 9.17) is 5.11 Å². The Balaban J connectivity index is 2.13. The van der Waals surface area contributed by atoms with Crippen molar-refractivity contribution in [2.45, 2.75) is 13.0 Å². The summed E-state index contributed by atoms with van der Waals surface area (Å²) in [6.07, 6.45) is 1.69. The number of rotatable bonds is 3. The van der Waals surface area contributed by atoms with Gasteiger partial charge in [0.05, 0.1) is 12.3 Å². The Morgan fingerprint density at radius 2 is 2.50 bits per heavy atom. The molecule has 0 radical (unpaired) electrons. The lowest BCUT2D eigenvalue weighted by molar-refractivity contribution is 0.112. The van der Waals surface area contributed by atoms with Crippen molar-refractivity contribution in [3.8, 4) is 0 Å². The van der Waals surface area contributed by atoms with E-state index in [-0.39, 0.29) is 6.61 Å². The van der Waals surface area contributed by atoms with Crippen LogP contribution in [-0.2, 0) is 13.0 Å². The first-order valence-electron chi connectivity index (χ1n) is 4.60. The standard InChI is InChI=1S/C9H12N2O2S/c12-4-3-11-2-1-7-8(5-11)14-9(6-13)10-7/h6,12H,1-5H2. The predicted molar refractivity (Wildman–Crippen MR) is 53.6 cm³/mol. The van der Waals surface area contributed by atoms with Crippen LogP contribution in [0, 0.1) is 0 Å². The van der Waals surface area contributed by atoms with Crippen molar-refractivity contribution in [3.63, 3.8) is 0 Å². The Bertz CT molecular complexity index is 338. The summed E-state index contributed by atoms with van der Waals surface area (Å²) in [5.41, 5.74) is 1.06. The lowest BCUT2D eigenvalue weighted by atomic mass is 10.2. The monoisotopic (exact) mass is 212 g/mol. The van der Waals surface area contributed by atoms with Gasteiger partial charge in [-0.05, 0) is 0 Å². The van der Waals surface area contributed by atoms with Crippen LogP contribution in [0.25, 0.3) is 0 Å². The second-order valence-electron chi connectivity index (χ2n) is 3.29. The number of hydrogen-bond donors (Lipinski definition) is 1. The summed E-state index contributed by atoms with van der Waals surface area (Å²) < 4.78 is 0. The molecule has 76 valence electrons. The van der Waals surface area contributed by atoms with Crippen molar-refractivity contribution in [2.75, 3.05) is 19.7 Å². The molecule has 0 unspecified atom stereocenters. The van der Waals surface area contributed by atoms with Crippen LogP contribution in [0.3, 0.4) is 0 Å². The lowest BCUT2D eigenvalue weighted by Gasteiger charge is -2.24. The minimum atomic E-state index is 0.189. The molecule has 5 heteroatoms. The minimum absolute atomic E-state index is 0.189. The van der Waals surface area contributed by atoms with Gasteiger partial charge in [-0.3, -0.25) is 9.69 Å². The Labute approximate surface area is 86.2 Å². The zero-order valence-corrected chi connectivity index (χ0v) is 8.59. The van der Waals surface area contributed by atoms with E-state index in [1.807, 2.05) is 0 Å². The number of hydrogen-bond acceptors (Lipinski definition) is 5. The zero-order chi connectivity index (χ0) is 9.97. The van der Waals surface area contributed by atoms with Crippen LogP contribution >= 0.6 is 11.3 Å². The van der Waals surface area contributed by atoms with Gasteiger partial charge in [-0.25, -0.2) is 4.98 Å². The maximum atomic E-state index is 10.5. The molecule has 4 nitrogen and oxygen atoms in total. The molecule has 1 aromatic rings. The molecule has 2 heterocycles. The highest BCUT2D eigenvalue weighted by Crippen LogP contribution is 2.23. The summed E-state index contributed by atoms with van der Waals surface area (Å²) in [4.78, 5) is 18.1. The number of thiazole rings is 1. The number of aromatic nitrogens is 1. The average Bonchev–Trinajstić information content (AvgIpc) is 2.60. The van der Waals surface area contributed by atoms with Gasteiger partial charge in [0, 0.05) is 30.9 Å². The van der Waals surface area contributed by atoms with E-state index in [9.17, 15) is 4.79 Å². The molecule has 0 aromatic carbocycles. The second-order valence-corrected chi connectivity index (χ2v) is 4.40. The Hall–Kier alpha value is -0.780. The molecule has 14 heavy (non-hydrogen) atoms. The smallest absolute Gasteiger partial charge is 0.178 e. The molecular formula is C9H12N2O2S. The Morgan fingerprint density at radius 1 is 1.64 bits per heavy atom. The van der Waals surface area contributed by atoms with Crippen LogP contribution in [0.1, 0.15) is 20.4 Å². The van der Waals surface area contributed by atoms with E-state index in [1.54, 1.807) is 0 Å². The van der Waals surface area contributed by atoms with Gasteiger partial charge in [0.25, 0.3) is 0 Å². The Morgan fingerprint density at radius 3 is 3.21 bits per heavy atom. The molecule has 1 aliphatic heterocycles. The zero-order valence-electron chi connectivity index (χ0n) is 7.77. The molecule has 0 fully saturated rings. The van der Waals surface area contributed by atoms with E-state index >= 15 is 0 Å². The van der Waals surface area contributed by atoms with Crippen molar-refractivity contribution < 1.29 is 9.90 Å². The highest BCUT2D eigenvalue weighted by Gasteiger charge is 2.19. The summed E-state index contributed by atoms with van der Waals surface area (Å²) >= 11 is 1.46. The van der Waals surface area contributed by atoms with Crippen LogP contribution in [0.4, 0.5) is 0 Å². The molecule has 1 aromatic heterocycles. The van der Waals surface area contributed by atoms with Crippen LogP contribution in [0.5, 0.6) is 0 Å². The third-order valence-electron chi connectivity index (χ3n) is 2.34. The molecule has 0 saturated carbocycles. The maximum Gasteiger partial charge on any atom is 0.178 e. The number of carbonyl (C=O) groups is 1. The number of nitrogens with zero attached hydrogens (tertiary/aromatic N) is 2. The fourth-order valence-corrected chi connectivity index (χ4v) is 2.62. The number of fused-ring (bicyclic) bond motifs is 1. The van der Waals surface area contributed by atoms with Crippen molar-refractivity contribution in [1.82, 2.24) is 9.88 Å². The van der Waals surface area contributed by atoms with Gasteiger partial charge < -0.3 is 5.11 Å². The summed E-state index contributed by atoms with van der Waals surface area (Å²) in [5, 5.41) is 9.38. The van der Waals surface area contributed by atoms with Crippen LogP contribution in [0.2, 0.25) is 0 Å². The molecule has 0 bridgehead atoms. The van der Waals surface area contributed by atoms with Gasteiger partial charge in [0.15, 0.2) is 11.3 Å². The molecule has 1 N–H and O–H groups in total. The summed E-state index contributed by atoms with van der Waals surface area (Å²) in [7, 11) is 0. The fourth-order valence-electron chi connectivity index (χ4n) is 1.65. The third-order valence-corrected chi connectivity index (χ3v) is 3.35. The molecule has 1 aliphatic rings. The second kappa shape index (κ2) is 4.16. The lowest BCUT2D eigenvalue weighted by Crippen LogP contribution is -2.32. The van der Waals surface area contributed by atoms with E-state index < -0.39 is 0 Å². The predicted octanol–water partition coefficient (Wildman–Crippen LogP) is 0.306. The van der Waals surface area contributed by atoms with E-state index in [0.29, 0.717) is 11.6 Å². The van der Waals surface area contributed by atoms with E-state index in [0.717, 1.165) is 31.5 Å². The van der Waals surface area contributed by atoms with Crippen molar-refractivity contribution in [3.05, 3.63) is 15.6 Å². The van der Waals surface area contributed by atoms with Crippen LogP contribution < -0.4 is 0 Å². The number of aliphatic hydroxyl groups is 1. The molecule has 0 aliphatic carbocycles. The van der Waals surface area contributed by atoms with Gasteiger partial charge >= 0.3 is 0 Å². The SMILES string of the molecule is O=Cc1nc2c(s1)CN(CCO)CC2. The fraction of sp³-hybridized carbons (Fsp3) is 0.556. The first-order chi connectivity index (χ1) is 6.83. The molecule has 2 rings (SSSR count).